The summed E-state index contributed by atoms with van der Waals surface area (Å²) in [5.41, 5.74) is 2.78. The largest absolute Gasteiger partial charge is 0.377 e. The second-order valence-electron chi connectivity index (χ2n) is 4.02. The Hall–Kier alpha value is -1.43. The van der Waals surface area contributed by atoms with Crippen LogP contribution in [0.2, 0.25) is 0 Å². The SMILES string of the molecule is CC1COCCN1C(=O)C1=NNC(=O)CC1. The number of amides is 2. The van der Waals surface area contributed by atoms with E-state index in [2.05, 4.69) is 10.5 Å². The van der Waals surface area contributed by atoms with E-state index in [1.54, 1.807) is 4.90 Å². The van der Waals surface area contributed by atoms with Crippen LogP contribution in [0.15, 0.2) is 5.10 Å². The van der Waals surface area contributed by atoms with Gasteiger partial charge in [0.05, 0.1) is 19.3 Å². The van der Waals surface area contributed by atoms with E-state index in [9.17, 15) is 9.59 Å². The van der Waals surface area contributed by atoms with Crippen molar-refractivity contribution in [1.82, 2.24) is 10.3 Å². The molecule has 2 aliphatic rings. The van der Waals surface area contributed by atoms with Crippen LogP contribution in [0.1, 0.15) is 19.8 Å². The summed E-state index contributed by atoms with van der Waals surface area (Å²) >= 11 is 0. The molecule has 2 rings (SSSR count). The summed E-state index contributed by atoms with van der Waals surface area (Å²) < 4.78 is 5.26. The number of nitrogens with one attached hydrogen (secondary N) is 1. The Balaban J connectivity index is 2.03. The lowest BCUT2D eigenvalue weighted by molar-refractivity contribution is -0.132. The summed E-state index contributed by atoms with van der Waals surface area (Å²) in [7, 11) is 0. The third-order valence-corrected chi connectivity index (χ3v) is 2.78. The molecule has 2 heterocycles. The number of carbonyl (C=O) groups excluding carboxylic acids is 2. The first-order valence-corrected chi connectivity index (χ1v) is 5.42. The van der Waals surface area contributed by atoms with Gasteiger partial charge in [0, 0.05) is 19.4 Å². The first-order chi connectivity index (χ1) is 7.68. The number of carbonyl (C=O) groups is 2. The third kappa shape index (κ3) is 2.21. The van der Waals surface area contributed by atoms with Gasteiger partial charge in [-0.15, -0.1) is 0 Å². The molecule has 1 N–H and O–H groups in total. The van der Waals surface area contributed by atoms with Gasteiger partial charge in [0.25, 0.3) is 5.91 Å². The van der Waals surface area contributed by atoms with E-state index >= 15 is 0 Å². The van der Waals surface area contributed by atoms with Gasteiger partial charge in [0.15, 0.2) is 0 Å². The molecule has 0 aromatic carbocycles. The van der Waals surface area contributed by atoms with Gasteiger partial charge in [-0.3, -0.25) is 9.59 Å². The molecule has 0 aromatic heterocycles. The van der Waals surface area contributed by atoms with Crippen LogP contribution in [0.25, 0.3) is 0 Å². The quantitative estimate of drug-likeness (QED) is 0.654. The van der Waals surface area contributed by atoms with Crippen molar-refractivity contribution in [2.75, 3.05) is 19.8 Å². The van der Waals surface area contributed by atoms with E-state index in [1.807, 2.05) is 6.92 Å². The van der Waals surface area contributed by atoms with E-state index in [1.165, 1.54) is 0 Å². The van der Waals surface area contributed by atoms with Crippen LogP contribution in [0, 0.1) is 0 Å². The number of rotatable bonds is 1. The molecule has 6 nitrogen and oxygen atoms in total. The maximum Gasteiger partial charge on any atom is 0.270 e. The van der Waals surface area contributed by atoms with Gasteiger partial charge in [-0.05, 0) is 6.92 Å². The van der Waals surface area contributed by atoms with Crippen molar-refractivity contribution in [3.05, 3.63) is 0 Å². The molecule has 16 heavy (non-hydrogen) atoms. The monoisotopic (exact) mass is 225 g/mol. The van der Waals surface area contributed by atoms with Crippen molar-refractivity contribution in [2.45, 2.75) is 25.8 Å². The predicted molar refractivity (Wildman–Crippen MR) is 56.8 cm³/mol. The molecule has 1 saturated heterocycles. The molecule has 88 valence electrons. The zero-order chi connectivity index (χ0) is 11.5. The Morgan fingerprint density at radius 1 is 1.56 bits per heavy atom. The Morgan fingerprint density at radius 2 is 2.38 bits per heavy atom. The minimum Gasteiger partial charge on any atom is -0.377 e. The van der Waals surface area contributed by atoms with Crippen LogP contribution in [0.5, 0.6) is 0 Å². The highest BCUT2D eigenvalue weighted by Crippen LogP contribution is 2.10. The van der Waals surface area contributed by atoms with Crippen LogP contribution in [0.4, 0.5) is 0 Å². The van der Waals surface area contributed by atoms with Gasteiger partial charge in [0.2, 0.25) is 5.91 Å². The third-order valence-electron chi connectivity index (χ3n) is 2.78. The highest BCUT2D eigenvalue weighted by atomic mass is 16.5. The van der Waals surface area contributed by atoms with Crippen LogP contribution in [-0.2, 0) is 14.3 Å². The van der Waals surface area contributed by atoms with E-state index in [0.29, 0.717) is 38.3 Å². The number of hydrogen-bond donors (Lipinski definition) is 1. The fourth-order valence-electron chi connectivity index (χ4n) is 1.82. The van der Waals surface area contributed by atoms with Crippen LogP contribution in [-0.4, -0.2) is 48.2 Å². The van der Waals surface area contributed by atoms with Crippen LogP contribution < -0.4 is 5.43 Å². The van der Waals surface area contributed by atoms with Gasteiger partial charge in [-0.25, -0.2) is 5.43 Å². The Kier molecular flexibility index (Phi) is 3.19. The Morgan fingerprint density at radius 3 is 3.00 bits per heavy atom. The molecular weight excluding hydrogens is 210 g/mol. The maximum absolute atomic E-state index is 12.1. The highest BCUT2D eigenvalue weighted by Gasteiger charge is 2.28. The zero-order valence-electron chi connectivity index (χ0n) is 9.23. The van der Waals surface area contributed by atoms with Gasteiger partial charge >= 0.3 is 0 Å². The summed E-state index contributed by atoms with van der Waals surface area (Å²) in [6.07, 6.45) is 0.762. The van der Waals surface area contributed by atoms with Crippen molar-refractivity contribution in [3.63, 3.8) is 0 Å². The summed E-state index contributed by atoms with van der Waals surface area (Å²) in [4.78, 5) is 24.7. The molecule has 0 aliphatic carbocycles. The van der Waals surface area contributed by atoms with Crippen molar-refractivity contribution in [2.24, 2.45) is 5.10 Å². The lowest BCUT2D eigenvalue weighted by atomic mass is 10.1. The molecule has 0 aromatic rings. The van der Waals surface area contributed by atoms with Gasteiger partial charge in [-0.1, -0.05) is 0 Å². The fourth-order valence-corrected chi connectivity index (χ4v) is 1.82. The predicted octanol–water partition coefficient (Wildman–Crippen LogP) is -0.500. The van der Waals surface area contributed by atoms with Crippen LogP contribution >= 0.6 is 0 Å². The molecule has 0 saturated carbocycles. The fraction of sp³-hybridized carbons (Fsp3) is 0.700. The molecule has 6 heteroatoms. The molecule has 2 aliphatic heterocycles. The second-order valence-corrected chi connectivity index (χ2v) is 4.02. The summed E-state index contributed by atoms with van der Waals surface area (Å²) in [5, 5.41) is 3.81. The number of morpholine rings is 1. The minimum atomic E-state index is -0.133. The molecule has 2 amide bonds. The molecule has 1 fully saturated rings. The summed E-state index contributed by atoms with van der Waals surface area (Å²) in [6.45, 7) is 3.66. The Labute approximate surface area is 93.6 Å². The summed E-state index contributed by atoms with van der Waals surface area (Å²) in [5.74, 6) is -0.220. The van der Waals surface area contributed by atoms with Crippen molar-refractivity contribution >= 4 is 17.5 Å². The van der Waals surface area contributed by atoms with Gasteiger partial charge in [-0.2, -0.15) is 5.10 Å². The van der Waals surface area contributed by atoms with E-state index in [0.717, 1.165) is 0 Å². The number of ether oxygens (including phenoxy) is 1. The standard InChI is InChI=1S/C10H15N3O3/c1-7-6-16-5-4-13(7)10(15)8-2-3-9(14)12-11-8/h7H,2-6H2,1H3,(H,12,14). The average molecular weight is 225 g/mol. The molecule has 0 bridgehead atoms. The lowest BCUT2D eigenvalue weighted by Gasteiger charge is -2.33. The zero-order valence-corrected chi connectivity index (χ0v) is 9.23. The van der Waals surface area contributed by atoms with E-state index in [4.69, 9.17) is 4.74 Å². The van der Waals surface area contributed by atoms with Crippen molar-refractivity contribution in [3.8, 4) is 0 Å². The van der Waals surface area contributed by atoms with E-state index < -0.39 is 0 Å². The Bertz CT molecular complexity index is 340. The minimum absolute atomic E-state index is 0.0709. The molecule has 1 unspecified atom stereocenters. The van der Waals surface area contributed by atoms with Gasteiger partial charge in [0.1, 0.15) is 5.71 Å². The van der Waals surface area contributed by atoms with Crippen molar-refractivity contribution in [1.29, 1.82) is 0 Å². The number of hydrazone groups is 1. The van der Waals surface area contributed by atoms with Gasteiger partial charge < -0.3 is 9.64 Å². The highest BCUT2D eigenvalue weighted by molar-refractivity contribution is 6.39. The molecule has 1 atom stereocenters. The first kappa shape index (κ1) is 11.1. The normalized spacial score (nSPS) is 26.1. The number of hydrogen-bond acceptors (Lipinski definition) is 4. The smallest absolute Gasteiger partial charge is 0.270 e. The van der Waals surface area contributed by atoms with Crippen LogP contribution in [0.3, 0.4) is 0 Å². The molecular formula is C10H15N3O3. The number of nitrogens with zero attached hydrogens (tertiary/aromatic N) is 2. The summed E-state index contributed by atoms with van der Waals surface area (Å²) in [6, 6.07) is 0.0709. The second kappa shape index (κ2) is 4.61. The lowest BCUT2D eigenvalue weighted by Crippen LogP contribution is -2.50. The van der Waals surface area contributed by atoms with E-state index in [-0.39, 0.29) is 17.9 Å². The molecule has 0 spiro atoms. The van der Waals surface area contributed by atoms with Crippen molar-refractivity contribution < 1.29 is 14.3 Å². The topological polar surface area (TPSA) is 71.0 Å². The first-order valence-electron chi connectivity index (χ1n) is 5.42. The average Bonchev–Trinajstić information content (AvgIpc) is 2.30. The molecule has 0 radical (unpaired) electrons. The maximum atomic E-state index is 12.1.